The number of rotatable bonds is 3. The predicted octanol–water partition coefficient (Wildman–Crippen LogP) is 1.79. The van der Waals surface area contributed by atoms with E-state index in [0.717, 1.165) is 17.8 Å². The number of fused-ring (bicyclic) bond motifs is 1. The number of aliphatic carboxylic acids is 1. The van der Waals surface area contributed by atoms with Crippen molar-refractivity contribution < 1.29 is 14.7 Å². The van der Waals surface area contributed by atoms with Crippen LogP contribution in [0.1, 0.15) is 31.9 Å². The topological polar surface area (TPSA) is 74.9 Å². The smallest absolute Gasteiger partial charge is 0.329 e. The molecule has 3 rings (SSSR count). The van der Waals surface area contributed by atoms with Crippen molar-refractivity contribution >= 4 is 28.2 Å². The molecule has 0 saturated carbocycles. The summed E-state index contributed by atoms with van der Waals surface area (Å²) in [4.78, 5) is 30.8. The zero-order chi connectivity index (χ0) is 15.0. The molecular formula is C14H17N3O3S. The lowest BCUT2D eigenvalue weighted by atomic mass is 9.88. The van der Waals surface area contributed by atoms with E-state index in [-0.39, 0.29) is 12.3 Å². The van der Waals surface area contributed by atoms with Crippen LogP contribution in [-0.4, -0.2) is 43.4 Å². The number of imidazole rings is 1. The fourth-order valence-electron chi connectivity index (χ4n) is 2.85. The van der Waals surface area contributed by atoms with Gasteiger partial charge in [0.25, 0.3) is 0 Å². The van der Waals surface area contributed by atoms with Gasteiger partial charge in [0.1, 0.15) is 5.54 Å². The number of carboxylic acids is 1. The number of aromatic nitrogens is 2. The third-order valence-corrected chi connectivity index (χ3v) is 4.90. The standard InChI is InChI=1S/C14H17N3O3S/c1-14(12(19)20)4-2-3-5-17(14)11(18)8-10-9-16-6-7-21-13(16)15-10/h6-7,9H,2-5,8H2,1H3,(H,19,20). The van der Waals surface area contributed by atoms with Crippen molar-refractivity contribution in [1.82, 2.24) is 14.3 Å². The minimum atomic E-state index is -1.09. The summed E-state index contributed by atoms with van der Waals surface area (Å²) in [7, 11) is 0. The maximum absolute atomic E-state index is 12.5. The maximum Gasteiger partial charge on any atom is 0.329 e. The highest BCUT2D eigenvalue weighted by Crippen LogP contribution is 2.29. The first-order valence-electron chi connectivity index (χ1n) is 6.96. The molecule has 2 aromatic heterocycles. The molecule has 0 bridgehead atoms. The summed E-state index contributed by atoms with van der Waals surface area (Å²) in [5.41, 5.74) is -0.405. The van der Waals surface area contributed by atoms with Gasteiger partial charge in [-0.05, 0) is 26.2 Å². The molecule has 1 N–H and O–H groups in total. The third-order valence-electron chi connectivity index (χ3n) is 4.13. The van der Waals surface area contributed by atoms with Crippen LogP contribution in [0.2, 0.25) is 0 Å². The summed E-state index contributed by atoms with van der Waals surface area (Å²) in [6.07, 6.45) is 6.07. The van der Waals surface area contributed by atoms with E-state index in [2.05, 4.69) is 4.98 Å². The molecule has 21 heavy (non-hydrogen) atoms. The first-order valence-corrected chi connectivity index (χ1v) is 7.83. The first-order chi connectivity index (χ1) is 10.0. The Bertz CT molecular complexity index is 664. The van der Waals surface area contributed by atoms with Crippen LogP contribution < -0.4 is 0 Å². The summed E-state index contributed by atoms with van der Waals surface area (Å²) >= 11 is 1.51. The Kier molecular flexibility index (Phi) is 3.44. The molecule has 1 fully saturated rings. The van der Waals surface area contributed by atoms with E-state index >= 15 is 0 Å². The number of nitrogens with zero attached hydrogens (tertiary/aromatic N) is 3. The molecule has 0 aliphatic carbocycles. The molecule has 7 heteroatoms. The van der Waals surface area contributed by atoms with Crippen molar-refractivity contribution in [2.45, 2.75) is 38.1 Å². The summed E-state index contributed by atoms with van der Waals surface area (Å²) < 4.78 is 1.87. The first kappa shape index (κ1) is 14.1. The fraction of sp³-hybridized carbons (Fsp3) is 0.500. The molecule has 2 aromatic rings. The van der Waals surface area contributed by atoms with Crippen LogP contribution in [0.3, 0.4) is 0 Å². The van der Waals surface area contributed by atoms with Gasteiger partial charge in [-0.25, -0.2) is 9.78 Å². The molecule has 3 heterocycles. The van der Waals surface area contributed by atoms with Gasteiger partial charge in [-0.3, -0.25) is 9.20 Å². The number of carbonyl (C=O) groups excluding carboxylic acids is 1. The lowest BCUT2D eigenvalue weighted by molar-refractivity contribution is -0.160. The molecule has 0 spiro atoms. The highest BCUT2D eigenvalue weighted by Gasteiger charge is 2.43. The second-order valence-corrected chi connectivity index (χ2v) is 6.46. The number of thiazole rings is 1. The largest absolute Gasteiger partial charge is 0.480 e. The molecule has 1 unspecified atom stereocenters. The van der Waals surface area contributed by atoms with E-state index in [0.29, 0.717) is 18.7 Å². The van der Waals surface area contributed by atoms with Gasteiger partial charge >= 0.3 is 5.97 Å². The van der Waals surface area contributed by atoms with E-state index in [1.54, 1.807) is 6.92 Å². The lowest BCUT2D eigenvalue weighted by Gasteiger charge is -2.41. The van der Waals surface area contributed by atoms with Crippen LogP contribution in [0.4, 0.5) is 0 Å². The zero-order valence-electron chi connectivity index (χ0n) is 11.8. The monoisotopic (exact) mass is 307 g/mol. The molecule has 112 valence electrons. The van der Waals surface area contributed by atoms with Gasteiger partial charge in [0.05, 0.1) is 12.1 Å². The van der Waals surface area contributed by atoms with Gasteiger partial charge in [-0.2, -0.15) is 0 Å². The molecule has 1 saturated heterocycles. The summed E-state index contributed by atoms with van der Waals surface area (Å²) in [6.45, 7) is 2.14. The Labute approximate surface area is 126 Å². The molecule has 1 atom stereocenters. The van der Waals surface area contributed by atoms with Crippen LogP contribution in [0.5, 0.6) is 0 Å². The van der Waals surface area contributed by atoms with Crippen LogP contribution in [0.25, 0.3) is 4.96 Å². The van der Waals surface area contributed by atoms with Crippen molar-refractivity contribution in [2.75, 3.05) is 6.54 Å². The lowest BCUT2D eigenvalue weighted by Crippen LogP contribution is -2.57. The maximum atomic E-state index is 12.5. The van der Waals surface area contributed by atoms with Gasteiger partial charge in [0.15, 0.2) is 4.96 Å². The van der Waals surface area contributed by atoms with E-state index in [1.807, 2.05) is 22.2 Å². The number of hydrogen-bond donors (Lipinski definition) is 1. The van der Waals surface area contributed by atoms with Gasteiger partial charge in [0, 0.05) is 24.3 Å². The van der Waals surface area contributed by atoms with Crippen LogP contribution >= 0.6 is 11.3 Å². The summed E-state index contributed by atoms with van der Waals surface area (Å²) in [5.74, 6) is -1.09. The minimum Gasteiger partial charge on any atom is -0.480 e. The van der Waals surface area contributed by atoms with Crippen molar-refractivity contribution in [1.29, 1.82) is 0 Å². The number of carboxylic acid groups (broad SMARTS) is 1. The zero-order valence-corrected chi connectivity index (χ0v) is 12.6. The molecule has 0 aromatic carbocycles. The quantitative estimate of drug-likeness (QED) is 0.938. The molecule has 1 aliphatic heterocycles. The average Bonchev–Trinajstić information content (AvgIpc) is 2.99. The summed E-state index contributed by atoms with van der Waals surface area (Å²) in [6, 6.07) is 0. The summed E-state index contributed by atoms with van der Waals surface area (Å²) in [5, 5.41) is 11.4. The predicted molar refractivity (Wildman–Crippen MR) is 78.4 cm³/mol. The molecular weight excluding hydrogens is 290 g/mol. The Morgan fingerprint density at radius 1 is 1.48 bits per heavy atom. The molecule has 1 aliphatic rings. The third kappa shape index (κ3) is 2.42. The Morgan fingerprint density at radius 3 is 3.00 bits per heavy atom. The van der Waals surface area contributed by atoms with Crippen molar-refractivity contribution in [3.05, 3.63) is 23.5 Å². The van der Waals surface area contributed by atoms with Crippen molar-refractivity contribution in [2.24, 2.45) is 0 Å². The highest BCUT2D eigenvalue weighted by molar-refractivity contribution is 7.15. The average molecular weight is 307 g/mol. The SMILES string of the molecule is CC1(C(=O)O)CCCCN1C(=O)Cc1cn2ccsc2n1. The van der Waals surface area contributed by atoms with Gasteiger partial charge in [0.2, 0.25) is 5.91 Å². The second-order valence-electron chi connectivity index (χ2n) is 5.58. The molecule has 1 amide bonds. The van der Waals surface area contributed by atoms with Crippen molar-refractivity contribution in [3.63, 3.8) is 0 Å². The minimum absolute atomic E-state index is 0.150. The van der Waals surface area contributed by atoms with E-state index in [4.69, 9.17) is 0 Å². The Morgan fingerprint density at radius 2 is 2.29 bits per heavy atom. The van der Waals surface area contributed by atoms with Crippen LogP contribution in [-0.2, 0) is 16.0 Å². The molecule has 6 nitrogen and oxygen atoms in total. The number of hydrogen-bond acceptors (Lipinski definition) is 4. The van der Waals surface area contributed by atoms with Gasteiger partial charge in [-0.15, -0.1) is 11.3 Å². The van der Waals surface area contributed by atoms with Gasteiger partial charge in [-0.1, -0.05) is 0 Å². The highest BCUT2D eigenvalue weighted by atomic mass is 32.1. The van der Waals surface area contributed by atoms with E-state index < -0.39 is 11.5 Å². The number of amides is 1. The normalized spacial score (nSPS) is 22.6. The van der Waals surface area contributed by atoms with Crippen molar-refractivity contribution in [3.8, 4) is 0 Å². The Hall–Kier alpha value is -1.89. The number of piperidine rings is 1. The Balaban J connectivity index is 1.80. The number of likely N-dealkylation sites (tertiary alicyclic amines) is 1. The second kappa shape index (κ2) is 5.14. The van der Waals surface area contributed by atoms with E-state index in [1.165, 1.54) is 16.2 Å². The van der Waals surface area contributed by atoms with Crippen LogP contribution in [0.15, 0.2) is 17.8 Å². The molecule has 0 radical (unpaired) electrons. The van der Waals surface area contributed by atoms with E-state index in [9.17, 15) is 14.7 Å². The van der Waals surface area contributed by atoms with Gasteiger partial charge < -0.3 is 10.0 Å². The number of carbonyl (C=O) groups is 2. The fourth-order valence-corrected chi connectivity index (χ4v) is 3.57. The van der Waals surface area contributed by atoms with Crippen LogP contribution in [0, 0.1) is 0 Å².